The van der Waals surface area contributed by atoms with E-state index in [2.05, 4.69) is 14.9 Å². The van der Waals surface area contributed by atoms with Crippen LogP contribution in [0.4, 0.5) is 5.13 Å². The van der Waals surface area contributed by atoms with Crippen LogP contribution >= 0.6 is 11.3 Å². The van der Waals surface area contributed by atoms with Crippen molar-refractivity contribution in [1.29, 1.82) is 0 Å². The van der Waals surface area contributed by atoms with Gasteiger partial charge in [0.15, 0.2) is 5.13 Å². The Bertz CT molecular complexity index is 1040. The van der Waals surface area contributed by atoms with Gasteiger partial charge >= 0.3 is 0 Å². The van der Waals surface area contributed by atoms with E-state index in [0.29, 0.717) is 31.6 Å². The molecule has 0 N–H and O–H groups in total. The Kier molecular flexibility index (Phi) is 5.08. The van der Waals surface area contributed by atoms with E-state index in [0.717, 1.165) is 47.1 Å². The van der Waals surface area contributed by atoms with Crippen molar-refractivity contribution >= 4 is 38.6 Å². The zero-order valence-electron chi connectivity index (χ0n) is 16.7. The summed E-state index contributed by atoms with van der Waals surface area (Å²) < 4.78 is 0. The van der Waals surface area contributed by atoms with Gasteiger partial charge in [-0.3, -0.25) is 9.59 Å². The normalized spacial score (nSPS) is 17.2. The van der Waals surface area contributed by atoms with Crippen molar-refractivity contribution in [2.75, 3.05) is 37.6 Å². The predicted molar refractivity (Wildman–Crippen MR) is 117 cm³/mol. The predicted octanol–water partition coefficient (Wildman–Crippen LogP) is 2.78. The molecule has 0 aliphatic carbocycles. The smallest absolute Gasteiger partial charge is 0.253 e. The Morgan fingerprint density at radius 1 is 1.03 bits per heavy atom. The van der Waals surface area contributed by atoms with Crippen LogP contribution in [0.25, 0.3) is 10.3 Å². The molecule has 0 saturated carbocycles. The molecule has 154 valence electrons. The first-order chi connectivity index (χ1) is 14.7. The molecular weight excluding hydrogens is 398 g/mol. The number of carbonyl (C=O) groups is 2. The Hall–Kier alpha value is -3.00. The maximum absolute atomic E-state index is 12.9. The molecule has 2 aromatic heterocycles. The van der Waals surface area contributed by atoms with Crippen LogP contribution in [-0.4, -0.2) is 64.3 Å². The van der Waals surface area contributed by atoms with Crippen molar-refractivity contribution in [1.82, 2.24) is 19.8 Å². The van der Waals surface area contributed by atoms with E-state index in [9.17, 15) is 9.59 Å². The number of thiazole rings is 1. The van der Waals surface area contributed by atoms with Crippen LogP contribution in [0, 0.1) is 0 Å². The molecule has 8 heteroatoms. The highest BCUT2D eigenvalue weighted by Gasteiger charge is 2.24. The van der Waals surface area contributed by atoms with Gasteiger partial charge in [-0.1, -0.05) is 23.5 Å². The first-order valence-corrected chi connectivity index (χ1v) is 11.1. The lowest BCUT2D eigenvalue weighted by molar-refractivity contribution is -0.128. The largest absolute Gasteiger partial charge is 0.344 e. The molecule has 2 saturated heterocycles. The van der Waals surface area contributed by atoms with Crippen LogP contribution in [0.1, 0.15) is 28.8 Å². The monoisotopic (exact) mass is 421 g/mol. The average Bonchev–Trinajstić information content (AvgIpc) is 3.40. The molecule has 1 aromatic carbocycles. The number of nitrogens with zero attached hydrogens (tertiary/aromatic N) is 5. The van der Waals surface area contributed by atoms with Crippen LogP contribution in [0.5, 0.6) is 0 Å². The molecule has 0 unspecified atom stereocenters. The molecule has 2 aliphatic heterocycles. The standard InChI is InChI=1S/C22H23N5O2S/c28-19-4-2-10-27(19)15-16-5-7-17(8-6-16)21(29)25-11-13-26(14-12-25)22-24-18-3-1-9-23-20(18)30-22/h1,3,5-9H,2,4,10-15H2. The molecule has 4 heterocycles. The number of piperazine rings is 1. The minimum atomic E-state index is 0.0596. The van der Waals surface area contributed by atoms with Crippen molar-refractivity contribution < 1.29 is 9.59 Å². The van der Waals surface area contributed by atoms with Gasteiger partial charge in [-0.2, -0.15) is 0 Å². The van der Waals surface area contributed by atoms with Crippen LogP contribution in [0.3, 0.4) is 0 Å². The highest BCUT2D eigenvalue weighted by molar-refractivity contribution is 7.21. The van der Waals surface area contributed by atoms with Gasteiger partial charge < -0.3 is 14.7 Å². The number of rotatable bonds is 4. The SMILES string of the molecule is O=C1CCCN1Cc1ccc(C(=O)N2CCN(c3nc4cccnc4s3)CC2)cc1. The third-order valence-electron chi connectivity index (χ3n) is 5.74. The first-order valence-electron chi connectivity index (χ1n) is 10.3. The van der Waals surface area contributed by atoms with Crippen molar-refractivity contribution in [2.24, 2.45) is 0 Å². The lowest BCUT2D eigenvalue weighted by atomic mass is 10.1. The van der Waals surface area contributed by atoms with E-state index in [1.165, 1.54) is 0 Å². The number of fused-ring (bicyclic) bond motifs is 1. The fourth-order valence-corrected chi connectivity index (χ4v) is 4.98. The summed E-state index contributed by atoms with van der Waals surface area (Å²) >= 11 is 1.60. The summed E-state index contributed by atoms with van der Waals surface area (Å²) in [6.07, 6.45) is 3.38. The van der Waals surface area contributed by atoms with E-state index in [4.69, 9.17) is 0 Å². The quantitative estimate of drug-likeness (QED) is 0.648. The van der Waals surface area contributed by atoms with Crippen molar-refractivity contribution in [3.8, 4) is 0 Å². The number of carbonyl (C=O) groups excluding carboxylic acids is 2. The second-order valence-electron chi connectivity index (χ2n) is 7.72. The Balaban J connectivity index is 1.19. The van der Waals surface area contributed by atoms with Gasteiger partial charge in [0.25, 0.3) is 5.91 Å². The van der Waals surface area contributed by atoms with Crippen molar-refractivity contribution in [3.05, 3.63) is 53.7 Å². The van der Waals surface area contributed by atoms with Crippen LogP contribution in [0.2, 0.25) is 0 Å². The number of aromatic nitrogens is 2. The summed E-state index contributed by atoms with van der Waals surface area (Å²) in [6, 6.07) is 11.6. The van der Waals surface area contributed by atoms with E-state index in [1.54, 1.807) is 17.5 Å². The van der Waals surface area contributed by atoms with E-state index in [1.807, 2.05) is 46.2 Å². The minimum Gasteiger partial charge on any atom is -0.344 e. The van der Waals surface area contributed by atoms with Gasteiger partial charge in [-0.05, 0) is 36.2 Å². The van der Waals surface area contributed by atoms with Gasteiger partial charge in [0.05, 0.1) is 0 Å². The van der Waals surface area contributed by atoms with Crippen LogP contribution in [-0.2, 0) is 11.3 Å². The Morgan fingerprint density at radius 3 is 2.53 bits per heavy atom. The van der Waals surface area contributed by atoms with Crippen molar-refractivity contribution in [2.45, 2.75) is 19.4 Å². The number of hydrogen-bond donors (Lipinski definition) is 0. The molecule has 3 aromatic rings. The van der Waals surface area contributed by atoms with E-state index >= 15 is 0 Å². The molecule has 7 nitrogen and oxygen atoms in total. The zero-order chi connectivity index (χ0) is 20.5. The molecule has 2 aliphatic rings. The molecular formula is C22H23N5O2S. The Labute approximate surface area is 178 Å². The molecule has 0 atom stereocenters. The van der Waals surface area contributed by atoms with Crippen molar-refractivity contribution in [3.63, 3.8) is 0 Å². The van der Waals surface area contributed by atoms with Crippen LogP contribution in [0.15, 0.2) is 42.6 Å². The molecule has 2 amide bonds. The second-order valence-corrected chi connectivity index (χ2v) is 8.68. The number of hydrogen-bond acceptors (Lipinski definition) is 6. The highest BCUT2D eigenvalue weighted by Crippen LogP contribution is 2.27. The summed E-state index contributed by atoms with van der Waals surface area (Å²) in [5.41, 5.74) is 2.69. The molecule has 0 radical (unpaired) electrons. The number of likely N-dealkylation sites (tertiary alicyclic amines) is 1. The zero-order valence-corrected chi connectivity index (χ0v) is 17.5. The number of benzene rings is 1. The van der Waals surface area contributed by atoms with E-state index < -0.39 is 0 Å². The summed E-state index contributed by atoms with van der Waals surface area (Å²) in [7, 11) is 0. The highest BCUT2D eigenvalue weighted by atomic mass is 32.1. The van der Waals surface area contributed by atoms with Gasteiger partial charge in [0, 0.05) is 57.4 Å². The second kappa shape index (κ2) is 8.02. The fourth-order valence-electron chi connectivity index (χ4n) is 4.02. The third-order valence-corrected chi connectivity index (χ3v) is 6.78. The maximum Gasteiger partial charge on any atom is 0.253 e. The van der Waals surface area contributed by atoms with Gasteiger partial charge in [0.1, 0.15) is 10.3 Å². The molecule has 0 bridgehead atoms. The maximum atomic E-state index is 12.9. The summed E-state index contributed by atoms with van der Waals surface area (Å²) in [5.74, 6) is 0.279. The number of anilines is 1. The topological polar surface area (TPSA) is 69.6 Å². The van der Waals surface area contributed by atoms with Gasteiger partial charge in [-0.25, -0.2) is 9.97 Å². The molecule has 2 fully saturated rings. The minimum absolute atomic E-state index is 0.0596. The van der Waals surface area contributed by atoms with Gasteiger partial charge in [0.2, 0.25) is 5.91 Å². The first kappa shape index (κ1) is 19.0. The fraction of sp³-hybridized carbons (Fsp3) is 0.364. The average molecular weight is 422 g/mol. The van der Waals surface area contributed by atoms with Crippen LogP contribution < -0.4 is 4.90 Å². The summed E-state index contributed by atoms with van der Waals surface area (Å²) in [4.78, 5) is 40.7. The Morgan fingerprint density at radius 2 is 1.83 bits per heavy atom. The molecule has 5 rings (SSSR count). The van der Waals surface area contributed by atoms with E-state index in [-0.39, 0.29) is 11.8 Å². The summed E-state index contributed by atoms with van der Waals surface area (Å²) in [5, 5.41) is 0.969. The number of amides is 2. The lowest BCUT2D eigenvalue weighted by Crippen LogP contribution is -2.48. The summed E-state index contributed by atoms with van der Waals surface area (Å²) in [6.45, 7) is 4.33. The molecule has 0 spiro atoms. The molecule has 30 heavy (non-hydrogen) atoms. The third kappa shape index (κ3) is 3.75. The lowest BCUT2D eigenvalue weighted by Gasteiger charge is -2.34. The number of pyridine rings is 1. The van der Waals surface area contributed by atoms with Gasteiger partial charge in [-0.15, -0.1) is 0 Å².